The number of carbonyl (C=O) groups excluding carboxylic acids is 3. The molecule has 0 radical (unpaired) electrons. The summed E-state index contributed by atoms with van der Waals surface area (Å²) in [5.74, 6) is -4.16. The molecule has 420 valence electrons. The fourth-order valence-corrected chi connectivity index (χ4v) is 13.0. The third kappa shape index (κ3) is 11.2. The van der Waals surface area contributed by atoms with Gasteiger partial charge in [0.2, 0.25) is 5.60 Å². The van der Waals surface area contributed by atoms with E-state index in [0.29, 0.717) is 44.6 Å². The largest absolute Gasteiger partial charge is 0.486 e. The van der Waals surface area contributed by atoms with Crippen LogP contribution in [0.4, 0.5) is 13.9 Å². The van der Waals surface area contributed by atoms with Crippen molar-refractivity contribution in [2.45, 2.75) is 28.7 Å². The number of hydrogen-bond donors (Lipinski definition) is 2. The SMILES string of the molecule is O=C(OC(c1ccccc1)c1ccccc1)C1=C(COc2ccc(F)cc2F)CS[C@@H]2C(NC(=O)/C(=N/OC(c3ccccc3)(c3ccccc3)c3ccccc3)c3csc(NC(c4ccccc4)(c4ccccc4)c4ccccc4)n3)C(=O)N12. The minimum absolute atomic E-state index is 0.0975. The third-order valence-electron chi connectivity index (χ3n) is 14.9. The van der Waals surface area contributed by atoms with E-state index in [1.165, 1.54) is 28.0 Å². The Hall–Kier alpha value is -9.96. The number of nitrogens with one attached hydrogen (secondary N) is 2. The summed E-state index contributed by atoms with van der Waals surface area (Å²) in [6.45, 7) is -0.352. The Kier molecular flexibility index (Phi) is 16.3. The molecule has 9 aromatic carbocycles. The average molecular weight is 1160 g/mol. The van der Waals surface area contributed by atoms with Crippen LogP contribution in [0.2, 0.25) is 0 Å². The van der Waals surface area contributed by atoms with Gasteiger partial charge < -0.3 is 24.9 Å². The molecule has 2 atom stereocenters. The van der Waals surface area contributed by atoms with Crippen LogP contribution in [0.3, 0.4) is 0 Å². The number of amides is 2. The summed E-state index contributed by atoms with van der Waals surface area (Å²) >= 11 is 2.53. The van der Waals surface area contributed by atoms with Gasteiger partial charge >= 0.3 is 5.97 Å². The quantitative estimate of drug-likeness (QED) is 0.0252. The van der Waals surface area contributed by atoms with Crippen molar-refractivity contribution < 1.29 is 37.5 Å². The molecule has 12 rings (SSSR count). The highest BCUT2D eigenvalue weighted by Gasteiger charge is 2.55. The van der Waals surface area contributed by atoms with E-state index in [4.69, 9.17) is 24.5 Å². The number of fused-ring (bicyclic) bond motifs is 1. The zero-order valence-electron chi connectivity index (χ0n) is 45.4. The van der Waals surface area contributed by atoms with Crippen LogP contribution < -0.4 is 15.4 Å². The molecular formula is C70H53F2N5O6S2. The highest BCUT2D eigenvalue weighted by molar-refractivity contribution is 8.00. The van der Waals surface area contributed by atoms with Gasteiger partial charge in [0, 0.05) is 39.5 Å². The molecule has 0 aliphatic carbocycles. The normalized spacial score (nSPS) is 15.1. The van der Waals surface area contributed by atoms with Gasteiger partial charge in [-0.1, -0.05) is 248 Å². The van der Waals surface area contributed by atoms with Crippen molar-refractivity contribution in [3.05, 3.63) is 339 Å². The molecule has 0 spiro atoms. The maximum Gasteiger partial charge on any atom is 0.356 e. The summed E-state index contributed by atoms with van der Waals surface area (Å²) in [4.78, 5) is 58.9. The zero-order valence-corrected chi connectivity index (χ0v) is 47.0. The first-order valence-corrected chi connectivity index (χ1v) is 29.3. The maximum absolute atomic E-state index is 15.6. The number of halogens is 2. The van der Waals surface area contributed by atoms with Crippen LogP contribution in [0.1, 0.15) is 56.3 Å². The van der Waals surface area contributed by atoms with E-state index < -0.39 is 58.1 Å². The molecule has 85 heavy (non-hydrogen) atoms. The lowest BCUT2D eigenvalue weighted by molar-refractivity contribution is -0.154. The molecule has 1 aromatic heterocycles. The van der Waals surface area contributed by atoms with Gasteiger partial charge in [0.05, 0.1) is 0 Å². The first kappa shape index (κ1) is 55.6. The topological polar surface area (TPSA) is 131 Å². The van der Waals surface area contributed by atoms with Crippen molar-refractivity contribution in [1.29, 1.82) is 0 Å². The lowest BCUT2D eigenvalue weighted by Crippen LogP contribution is -2.71. The van der Waals surface area contributed by atoms with Gasteiger partial charge in [0.25, 0.3) is 11.8 Å². The number of thioether (sulfide) groups is 1. The molecule has 2 aliphatic rings. The lowest BCUT2D eigenvalue weighted by atomic mass is 9.77. The second-order valence-corrected chi connectivity index (χ2v) is 22.1. The van der Waals surface area contributed by atoms with Crippen LogP contribution in [0, 0.1) is 11.6 Å². The van der Waals surface area contributed by atoms with Crippen molar-refractivity contribution in [1.82, 2.24) is 15.2 Å². The Morgan fingerprint density at radius 2 is 1.08 bits per heavy atom. The summed E-state index contributed by atoms with van der Waals surface area (Å²) < 4.78 is 41.3. The molecule has 2 aliphatic heterocycles. The summed E-state index contributed by atoms with van der Waals surface area (Å²) in [6.07, 6.45) is -0.900. The molecule has 2 amide bonds. The van der Waals surface area contributed by atoms with Crippen LogP contribution in [-0.4, -0.2) is 57.2 Å². The number of β-lactam (4-membered cyclic amide) rings is 1. The van der Waals surface area contributed by atoms with Crippen LogP contribution in [0.25, 0.3) is 0 Å². The van der Waals surface area contributed by atoms with Crippen LogP contribution in [0.5, 0.6) is 5.75 Å². The second-order valence-electron chi connectivity index (χ2n) is 20.1. The lowest BCUT2D eigenvalue weighted by Gasteiger charge is -2.49. The van der Waals surface area contributed by atoms with Gasteiger partial charge in [-0.25, -0.2) is 18.6 Å². The van der Waals surface area contributed by atoms with Crippen molar-refractivity contribution >= 4 is 51.7 Å². The number of thiazole rings is 1. The second kappa shape index (κ2) is 24.9. The van der Waals surface area contributed by atoms with Crippen LogP contribution in [-0.2, 0) is 35.1 Å². The number of benzene rings is 9. The predicted molar refractivity (Wildman–Crippen MR) is 326 cm³/mol. The highest BCUT2D eigenvalue weighted by atomic mass is 32.2. The molecule has 10 aromatic rings. The molecule has 1 unspecified atom stereocenters. The smallest absolute Gasteiger partial charge is 0.356 e. The Labute approximate surface area is 498 Å². The summed E-state index contributed by atoms with van der Waals surface area (Å²) in [5.41, 5.74) is 3.96. The molecule has 2 N–H and O–H groups in total. The van der Waals surface area contributed by atoms with E-state index >= 15 is 9.18 Å². The Bertz CT molecular complexity index is 3790. The molecule has 0 bridgehead atoms. The van der Waals surface area contributed by atoms with Crippen molar-refractivity contribution in [2.75, 3.05) is 17.7 Å². The average Bonchev–Trinajstić information content (AvgIpc) is 2.96. The van der Waals surface area contributed by atoms with Gasteiger partial charge in [-0.2, -0.15) is 0 Å². The van der Waals surface area contributed by atoms with E-state index in [-0.39, 0.29) is 35.2 Å². The highest BCUT2D eigenvalue weighted by Crippen LogP contribution is 2.45. The van der Waals surface area contributed by atoms with E-state index in [2.05, 4.69) is 47.0 Å². The molecule has 15 heteroatoms. The van der Waals surface area contributed by atoms with Crippen LogP contribution >= 0.6 is 23.1 Å². The number of nitrogens with zero attached hydrogens (tertiary/aromatic N) is 3. The molecule has 11 nitrogen and oxygen atoms in total. The number of rotatable bonds is 20. The molecular weight excluding hydrogens is 1110 g/mol. The van der Waals surface area contributed by atoms with Crippen molar-refractivity contribution in [2.24, 2.45) is 5.16 Å². The fraction of sp³-hybridized carbons (Fsp3) is 0.100. The molecule has 0 saturated carbocycles. The first-order chi connectivity index (χ1) is 41.7. The van der Waals surface area contributed by atoms with Gasteiger partial charge in [0.15, 0.2) is 28.5 Å². The summed E-state index contributed by atoms with van der Waals surface area (Å²) in [7, 11) is 0. The Morgan fingerprint density at radius 1 is 0.624 bits per heavy atom. The number of oxime groups is 1. The number of carbonyl (C=O) groups is 3. The fourth-order valence-electron chi connectivity index (χ4n) is 10.9. The van der Waals surface area contributed by atoms with Crippen molar-refractivity contribution in [3.63, 3.8) is 0 Å². The van der Waals surface area contributed by atoms with Gasteiger partial charge in [-0.05, 0) is 39.9 Å². The number of esters is 1. The van der Waals surface area contributed by atoms with Gasteiger partial charge in [-0.15, -0.1) is 23.1 Å². The molecule has 1 fully saturated rings. The van der Waals surface area contributed by atoms with Crippen molar-refractivity contribution in [3.8, 4) is 5.75 Å². The minimum atomic E-state index is -1.43. The van der Waals surface area contributed by atoms with Crippen LogP contribution in [0.15, 0.2) is 283 Å². The minimum Gasteiger partial charge on any atom is -0.486 e. The molecule has 1 saturated heterocycles. The zero-order chi connectivity index (χ0) is 58.2. The predicted octanol–water partition coefficient (Wildman–Crippen LogP) is 13.6. The standard InChI is InChI=1S/C70H53F2N5O6S2/c71-56-41-42-59(57(72)43-56)81-44-49-45-84-66-61(65(79)77(66)62(49)67(80)82-63(47-25-9-1-10-26-47)48-27-11-2-12-28-48)74-64(78)60(76-83-70(53-35-19-6-20-36-53,54-37-21-7-22-38-54)55-39-23-8-24-40-55)58-46-85-68(73-58)75-69(50-29-13-3-14-30-50,51-31-15-4-16-32-51)52-33-17-5-18-34-52/h1-43,46,61,63,66H,44-45H2,(H,73,75)(H,74,78)/b76-60+/t61?,66-/m1/s1. The number of hydrogen-bond acceptors (Lipinski definition) is 11. The number of ether oxygens (including phenoxy) is 2. The molecule has 3 heterocycles. The monoisotopic (exact) mass is 1160 g/mol. The Balaban J connectivity index is 0.935. The maximum atomic E-state index is 15.6. The third-order valence-corrected chi connectivity index (χ3v) is 17.0. The van der Waals surface area contributed by atoms with Gasteiger partial charge in [0.1, 0.15) is 40.8 Å². The van der Waals surface area contributed by atoms with E-state index in [9.17, 15) is 14.0 Å². The number of aromatic nitrogens is 1. The summed E-state index contributed by atoms with van der Waals surface area (Å²) in [6, 6.07) is 79.0. The summed E-state index contributed by atoms with van der Waals surface area (Å²) in [5, 5.41) is 13.0. The Morgan fingerprint density at radius 3 is 1.55 bits per heavy atom. The van der Waals surface area contributed by atoms with E-state index in [0.717, 1.165) is 28.8 Å². The van der Waals surface area contributed by atoms with E-state index in [1.54, 1.807) is 5.38 Å². The number of anilines is 1. The first-order valence-electron chi connectivity index (χ1n) is 27.4. The van der Waals surface area contributed by atoms with Gasteiger partial charge in [-0.3, -0.25) is 14.5 Å². The van der Waals surface area contributed by atoms with E-state index in [1.807, 2.05) is 206 Å².